The van der Waals surface area contributed by atoms with E-state index in [9.17, 15) is 4.79 Å². The molecule has 0 aliphatic rings. The standard InChI is InChI=1S/C12H16O3/c1-4-12(2,3)15-10-7-5-6-9(8-10)11(13)14/h5-8H,4H2,1-3H3,(H,13,14). The zero-order chi connectivity index (χ0) is 11.5. The summed E-state index contributed by atoms with van der Waals surface area (Å²) < 4.78 is 5.68. The van der Waals surface area contributed by atoms with E-state index >= 15 is 0 Å². The number of hydrogen-bond donors (Lipinski definition) is 1. The monoisotopic (exact) mass is 208 g/mol. The van der Waals surface area contributed by atoms with Gasteiger partial charge in [0.2, 0.25) is 0 Å². The lowest BCUT2D eigenvalue weighted by Gasteiger charge is -2.24. The van der Waals surface area contributed by atoms with Gasteiger partial charge in [0, 0.05) is 0 Å². The number of carboxylic acid groups (broad SMARTS) is 1. The lowest BCUT2D eigenvalue weighted by molar-refractivity contribution is 0.0693. The summed E-state index contributed by atoms with van der Waals surface area (Å²) in [6.45, 7) is 5.97. The summed E-state index contributed by atoms with van der Waals surface area (Å²) in [5.74, 6) is -0.337. The van der Waals surface area contributed by atoms with Gasteiger partial charge in [0.1, 0.15) is 11.4 Å². The van der Waals surface area contributed by atoms with Crippen molar-refractivity contribution in [3.63, 3.8) is 0 Å². The van der Waals surface area contributed by atoms with Crippen molar-refractivity contribution < 1.29 is 14.6 Å². The van der Waals surface area contributed by atoms with E-state index in [1.807, 2.05) is 20.8 Å². The first-order valence-corrected chi connectivity index (χ1v) is 4.97. The molecule has 0 unspecified atom stereocenters. The van der Waals surface area contributed by atoms with Crippen molar-refractivity contribution in [2.75, 3.05) is 0 Å². The Morgan fingerprint density at radius 2 is 2.13 bits per heavy atom. The van der Waals surface area contributed by atoms with Gasteiger partial charge < -0.3 is 9.84 Å². The van der Waals surface area contributed by atoms with Crippen molar-refractivity contribution in [2.24, 2.45) is 0 Å². The van der Waals surface area contributed by atoms with E-state index in [1.165, 1.54) is 0 Å². The summed E-state index contributed by atoms with van der Waals surface area (Å²) in [6, 6.07) is 6.54. The summed E-state index contributed by atoms with van der Waals surface area (Å²) in [5, 5.41) is 8.81. The summed E-state index contributed by atoms with van der Waals surface area (Å²) in [6.07, 6.45) is 0.865. The highest BCUT2D eigenvalue weighted by molar-refractivity contribution is 5.87. The van der Waals surface area contributed by atoms with E-state index < -0.39 is 5.97 Å². The third-order valence-corrected chi connectivity index (χ3v) is 2.33. The molecule has 15 heavy (non-hydrogen) atoms. The number of ether oxygens (including phenoxy) is 1. The fourth-order valence-corrected chi connectivity index (χ4v) is 1.08. The molecule has 1 aromatic carbocycles. The molecule has 0 saturated heterocycles. The molecule has 0 atom stereocenters. The number of hydrogen-bond acceptors (Lipinski definition) is 2. The molecule has 0 aliphatic carbocycles. The molecule has 0 aliphatic heterocycles. The first kappa shape index (κ1) is 11.6. The Morgan fingerprint density at radius 3 is 2.67 bits per heavy atom. The number of aromatic carboxylic acids is 1. The van der Waals surface area contributed by atoms with Crippen molar-refractivity contribution in [3.8, 4) is 5.75 Å². The Balaban J connectivity index is 2.87. The smallest absolute Gasteiger partial charge is 0.335 e. The van der Waals surface area contributed by atoms with Gasteiger partial charge in [-0.15, -0.1) is 0 Å². The highest BCUT2D eigenvalue weighted by atomic mass is 16.5. The van der Waals surface area contributed by atoms with Crippen molar-refractivity contribution in [2.45, 2.75) is 32.8 Å². The molecular weight excluding hydrogens is 192 g/mol. The van der Waals surface area contributed by atoms with E-state index in [4.69, 9.17) is 9.84 Å². The van der Waals surface area contributed by atoms with Gasteiger partial charge in [0.05, 0.1) is 5.56 Å². The zero-order valence-electron chi connectivity index (χ0n) is 9.28. The zero-order valence-corrected chi connectivity index (χ0v) is 9.28. The lowest BCUT2D eigenvalue weighted by Crippen LogP contribution is -2.26. The molecule has 0 fully saturated rings. The molecule has 0 bridgehead atoms. The van der Waals surface area contributed by atoms with E-state index in [0.717, 1.165) is 6.42 Å². The van der Waals surface area contributed by atoms with Gasteiger partial charge in [-0.1, -0.05) is 13.0 Å². The normalized spacial score (nSPS) is 11.1. The fraction of sp³-hybridized carbons (Fsp3) is 0.417. The molecule has 1 N–H and O–H groups in total. The molecule has 3 nitrogen and oxygen atoms in total. The highest BCUT2D eigenvalue weighted by Gasteiger charge is 2.17. The van der Waals surface area contributed by atoms with Crippen LogP contribution in [0.1, 0.15) is 37.6 Å². The van der Waals surface area contributed by atoms with Crippen LogP contribution in [0.25, 0.3) is 0 Å². The average Bonchev–Trinajstić information content (AvgIpc) is 2.17. The van der Waals surface area contributed by atoms with E-state index in [-0.39, 0.29) is 11.2 Å². The topological polar surface area (TPSA) is 46.5 Å². The third-order valence-electron chi connectivity index (χ3n) is 2.33. The SMILES string of the molecule is CCC(C)(C)Oc1cccc(C(=O)O)c1. The minimum atomic E-state index is -0.935. The number of benzene rings is 1. The first-order chi connectivity index (χ1) is 6.94. The van der Waals surface area contributed by atoms with Crippen molar-refractivity contribution >= 4 is 5.97 Å². The van der Waals surface area contributed by atoms with Crippen LogP contribution in [0.2, 0.25) is 0 Å². The maximum absolute atomic E-state index is 10.7. The van der Waals surface area contributed by atoms with Gasteiger partial charge in [0.25, 0.3) is 0 Å². The van der Waals surface area contributed by atoms with Crippen LogP contribution in [0.4, 0.5) is 0 Å². The van der Waals surface area contributed by atoms with Crippen LogP contribution in [0.15, 0.2) is 24.3 Å². The summed E-state index contributed by atoms with van der Waals surface area (Å²) in [5.41, 5.74) is -0.0173. The molecule has 0 aromatic heterocycles. The molecule has 0 saturated carbocycles. The van der Waals surface area contributed by atoms with E-state index in [1.54, 1.807) is 24.3 Å². The van der Waals surface area contributed by atoms with Crippen molar-refractivity contribution in [3.05, 3.63) is 29.8 Å². The first-order valence-electron chi connectivity index (χ1n) is 4.97. The second kappa shape index (κ2) is 4.34. The Kier molecular flexibility index (Phi) is 3.35. The van der Waals surface area contributed by atoms with Crippen molar-refractivity contribution in [1.82, 2.24) is 0 Å². The van der Waals surface area contributed by atoms with Gasteiger partial charge in [-0.2, -0.15) is 0 Å². The molecule has 0 heterocycles. The van der Waals surface area contributed by atoms with Gasteiger partial charge >= 0.3 is 5.97 Å². The van der Waals surface area contributed by atoms with Gasteiger partial charge in [-0.05, 0) is 38.5 Å². The second-order valence-corrected chi connectivity index (χ2v) is 4.05. The molecule has 82 valence electrons. The highest BCUT2D eigenvalue weighted by Crippen LogP contribution is 2.21. The maximum Gasteiger partial charge on any atom is 0.335 e. The van der Waals surface area contributed by atoms with Crippen molar-refractivity contribution in [1.29, 1.82) is 0 Å². The molecule has 3 heteroatoms. The predicted molar refractivity (Wildman–Crippen MR) is 58.4 cm³/mol. The average molecular weight is 208 g/mol. The summed E-state index contributed by atoms with van der Waals surface area (Å²) in [4.78, 5) is 10.7. The van der Waals surface area contributed by atoms with Gasteiger partial charge in [-0.3, -0.25) is 0 Å². The Hall–Kier alpha value is -1.51. The van der Waals surface area contributed by atoms with Gasteiger partial charge in [0.15, 0.2) is 0 Å². The van der Waals surface area contributed by atoms with Crippen LogP contribution >= 0.6 is 0 Å². The Labute approximate surface area is 89.7 Å². The predicted octanol–water partition coefficient (Wildman–Crippen LogP) is 2.95. The summed E-state index contributed by atoms with van der Waals surface area (Å²) >= 11 is 0. The minimum absolute atomic E-state index is 0.249. The van der Waals surface area contributed by atoms with Crippen LogP contribution < -0.4 is 4.74 Å². The van der Waals surface area contributed by atoms with Crippen LogP contribution in [0, 0.1) is 0 Å². The molecule has 0 spiro atoms. The molecule has 1 rings (SSSR count). The van der Waals surface area contributed by atoms with Crippen LogP contribution in [-0.4, -0.2) is 16.7 Å². The van der Waals surface area contributed by atoms with E-state index in [2.05, 4.69) is 0 Å². The summed E-state index contributed by atoms with van der Waals surface area (Å²) in [7, 11) is 0. The molecule has 0 radical (unpaired) electrons. The van der Waals surface area contributed by atoms with Gasteiger partial charge in [-0.25, -0.2) is 4.79 Å². The maximum atomic E-state index is 10.7. The van der Waals surface area contributed by atoms with Crippen LogP contribution in [-0.2, 0) is 0 Å². The minimum Gasteiger partial charge on any atom is -0.488 e. The second-order valence-electron chi connectivity index (χ2n) is 4.05. The number of rotatable bonds is 4. The Bertz CT molecular complexity index is 356. The number of carbonyl (C=O) groups is 1. The van der Waals surface area contributed by atoms with E-state index in [0.29, 0.717) is 5.75 Å². The largest absolute Gasteiger partial charge is 0.488 e. The lowest BCUT2D eigenvalue weighted by atomic mass is 10.1. The molecule has 1 aromatic rings. The molecule has 0 amide bonds. The third kappa shape index (κ3) is 3.27. The van der Waals surface area contributed by atoms with Crippen LogP contribution in [0.3, 0.4) is 0 Å². The van der Waals surface area contributed by atoms with Crippen LogP contribution in [0.5, 0.6) is 5.75 Å². The number of carboxylic acids is 1. The quantitative estimate of drug-likeness (QED) is 0.827. The fourth-order valence-electron chi connectivity index (χ4n) is 1.08. The molecular formula is C12H16O3. The Morgan fingerprint density at radius 1 is 1.47 bits per heavy atom.